The maximum Gasteiger partial charge on any atom is 0.336 e. The number of nitrogens with one attached hydrogen (secondary N) is 2. The van der Waals surface area contributed by atoms with E-state index in [2.05, 4.69) is 20.5 Å². The molecule has 0 spiro atoms. The van der Waals surface area contributed by atoms with Crippen LogP contribution >= 0.6 is 0 Å². The molecule has 0 fully saturated rings. The van der Waals surface area contributed by atoms with Crippen LogP contribution in [0.25, 0.3) is 0 Å². The Hall–Kier alpha value is -2.57. The maximum atomic E-state index is 11.7. The summed E-state index contributed by atoms with van der Waals surface area (Å²) >= 11 is 0. The maximum absolute atomic E-state index is 11.7. The average Bonchev–Trinajstić information content (AvgIpc) is 2.93. The highest BCUT2D eigenvalue weighted by atomic mass is 16.5. The normalized spacial score (nSPS) is 10.2. The summed E-state index contributed by atoms with van der Waals surface area (Å²) in [5, 5.41) is 8.89. The van der Waals surface area contributed by atoms with Crippen LogP contribution in [-0.4, -0.2) is 34.8 Å². The summed E-state index contributed by atoms with van der Waals surface area (Å²) in [5.74, 6) is 0.929. The van der Waals surface area contributed by atoms with Gasteiger partial charge in [0, 0.05) is 6.42 Å². The Labute approximate surface area is 122 Å². The number of aromatic nitrogens is 3. The van der Waals surface area contributed by atoms with Crippen LogP contribution in [0.5, 0.6) is 11.8 Å². The number of aryl methyl sites for hydroxylation is 1. The van der Waals surface area contributed by atoms with Gasteiger partial charge < -0.3 is 9.47 Å². The van der Waals surface area contributed by atoms with Crippen LogP contribution in [0, 0.1) is 6.92 Å². The third kappa shape index (κ3) is 4.79. The number of carbonyl (C=O) groups excluding carboxylic acids is 1. The van der Waals surface area contributed by atoms with Gasteiger partial charge in [0.15, 0.2) is 0 Å². The molecule has 0 aliphatic heterocycles. The first-order chi connectivity index (χ1) is 10.2. The summed E-state index contributed by atoms with van der Waals surface area (Å²) in [5.41, 5.74) is 1.18. The van der Waals surface area contributed by atoms with Crippen LogP contribution in [0.2, 0.25) is 0 Å². The smallest absolute Gasteiger partial charge is 0.336 e. The van der Waals surface area contributed by atoms with E-state index in [1.165, 1.54) is 12.7 Å². The quantitative estimate of drug-likeness (QED) is 0.760. The molecule has 0 unspecified atom stereocenters. The molecular weight excluding hydrogens is 272 g/mol. The first-order valence-electron chi connectivity index (χ1n) is 6.63. The zero-order valence-electron chi connectivity index (χ0n) is 12.0. The van der Waals surface area contributed by atoms with Crippen molar-refractivity contribution in [3.05, 3.63) is 29.8 Å². The number of ether oxygens (including phenoxy) is 2. The fourth-order valence-corrected chi connectivity index (χ4v) is 1.65. The highest BCUT2D eigenvalue weighted by molar-refractivity contribution is 5.88. The second-order valence-corrected chi connectivity index (χ2v) is 4.48. The van der Waals surface area contributed by atoms with Gasteiger partial charge in [0.25, 0.3) is 0 Å². The van der Waals surface area contributed by atoms with Gasteiger partial charge in [-0.2, -0.15) is 4.98 Å². The number of benzene rings is 1. The second-order valence-electron chi connectivity index (χ2n) is 4.48. The lowest BCUT2D eigenvalue weighted by molar-refractivity contribution is -0.116. The molecule has 0 aliphatic carbocycles. The van der Waals surface area contributed by atoms with Gasteiger partial charge in [-0.05, 0) is 25.5 Å². The molecule has 1 heterocycles. The van der Waals surface area contributed by atoms with E-state index >= 15 is 0 Å². The summed E-state index contributed by atoms with van der Waals surface area (Å²) in [6.45, 7) is 2.50. The predicted molar refractivity (Wildman–Crippen MR) is 77.5 cm³/mol. The van der Waals surface area contributed by atoms with Crippen LogP contribution < -0.4 is 14.8 Å². The molecule has 21 heavy (non-hydrogen) atoms. The van der Waals surface area contributed by atoms with E-state index in [1.54, 1.807) is 0 Å². The number of nitrogens with zero attached hydrogens (tertiary/aromatic N) is 2. The standard InChI is InChI=1S/C14H18N4O3/c1-10-5-7-11(8-6-10)21-9-3-4-12(19)15-13-16-14(20-2)18-17-13/h5-8H,3-4,9H2,1-2H3,(H2,15,16,17,18,19). The van der Waals surface area contributed by atoms with Crippen molar-refractivity contribution in [2.24, 2.45) is 0 Å². The summed E-state index contributed by atoms with van der Waals surface area (Å²) < 4.78 is 10.4. The lowest BCUT2D eigenvalue weighted by Gasteiger charge is -2.06. The zero-order chi connectivity index (χ0) is 15.1. The molecule has 0 aliphatic rings. The summed E-state index contributed by atoms with van der Waals surface area (Å²) in [6, 6.07) is 7.98. The lowest BCUT2D eigenvalue weighted by atomic mass is 10.2. The SMILES string of the molecule is COc1n[nH]c(NC(=O)CCCOc2ccc(C)cc2)n1. The van der Waals surface area contributed by atoms with E-state index in [4.69, 9.17) is 9.47 Å². The van der Waals surface area contributed by atoms with Gasteiger partial charge in [-0.25, -0.2) is 5.10 Å². The molecule has 2 aromatic rings. The Kier molecular flexibility index (Phi) is 5.14. The Morgan fingerprint density at radius 1 is 1.33 bits per heavy atom. The van der Waals surface area contributed by atoms with Crippen LogP contribution in [0.3, 0.4) is 0 Å². The predicted octanol–water partition coefficient (Wildman–Crippen LogP) is 1.92. The van der Waals surface area contributed by atoms with Crippen LogP contribution in [0.15, 0.2) is 24.3 Å². The number of hydrogen-bond donors (Lipinski definition) is 2. The number of methoxy groups -OCH3 is 1. The Bertz CT molecular complexity index is 580. The van der Waals surface area contributed by atoms with Crippen LogP contribution in [-0.2, 0) is 4.79 Å². The Balaban J connectivity index is 1.66. The van der Waals surface area contributed by atoms with Gasteiger partial charge in [0.2, 0.25) is 11.9 Å². The van der Waals surface area contributed by atoms with Crippen LogP contribution in [0.4, 0.5) is 5.95 Å². The molecule has 1 amide bonds. The molecule has 0 saturated heterocycles. The molecule has 2 N–H and O–H groups in total. The van der Waals surface area contributed by atoms with Crippen molar-refractivity contribution in [3.63, 3.8) is 0 Å². The minimum absolute atomic E-state index is 0.152. The molecular formula is C14H18N4O3. The van der Waals surface area contributed by atoms with E-state index < -0.39 is 0 Å². The number of amides is 1. The van der Waals surface area contributed by atoms with E-state index in [0.717, 1.165) is 5.75 Å². The first kappa shape index (κ1) is 14.8. The molecule has 0 bridgehead atoms. The zero-order valence-corrected chi connectivity index (χ0v) is 12.0. The third-order valence-corrected chi connectivity index (χ3v) is 2.74. The number of anilines is 1. The number of carbonyl (C=O) groups is 1. The average molecular weight is 290 g/mol. The summed E-state index contributed by atoms with van der Waals surface area (Å²) in [6.07, 6.45) is 0.958. The number of hydrogen-bond acceptors (Lipinski definition) is 5. The van der Waals surface area contributed by atoms with E-state index in [9.17, 15) is 4.79 Å². The molecule has 1 aromatic heterocycles. The Morgan fingerprint density at radius 2 is 2.10 bits per heavy atom. The number of rotatable bonds is 7. The molecule has 0 atom stereocenters. The summed E-state index contributed by atoms with van der Waals surface area (Å²) in [4.78, 5) is 15.6. The molecule has 1 aromatic carbocycles. The molecule has 7 heteroatoms. The molecule has 7 nitrogen and oxygen atoms in total. The first-order valence-corrected chi connectivity index (χ1v) is 6.63. The van der Waals surface area contributed by atoms with E-state index in [0.29, 0.717) is 19.4 Å². The minimum Gasteiger partial charge on any atom is -0.494 e. The highest BCUT2D eigenvalue weighted by Gasteiger charge is 2.07. The highest BCUT2D eigenvalue weighted by Crippen LogP contribution is 2.12. The van der Waals surface area contributed by atoms with Crippen molar-refractivity contribution in [1.29, 1.82) is 0 Å². The minimum atomic E-state index is -0.152. The topological polar surface area (TPSA) is 89.1 Å². The van der Waals surface area contributed by atoms with Crippen molar-refractivity contribution in [2.45, 2.75) is 19.8 Å². The van der Waals surface area contributed by atoms with Crippen molar-refractivity contribution in [2.75, 3.05) is 19.0 Å². The van der Waals surface area contributed by atoms with Crippen molar-refractivity contribution < 1.29 is 14.3 Å². The van der Waals surface area contributed by atoms with Crippen molar-refractivity contribution >= 4 is 11.9 Å². The van der Waals surface area contributed by atoms with Crippen molar-refractivity contribution in [1.82, 2.24) is 15.2 Å². The number of aromatic amines is 1. The third-order valence-electron chi connectivity index (χ3n) is 2.74. The monoisotopic (exact) mass is 290 g/mol. The fourth-order valence-electron chi connectivity index (χ4n) is 1.65. The second kappa shape index (κ2) is 7.28. The number of H-pyrrole nitrogens is 1. The van der Waals surface area contributed by atoms with Gasteiger partial charge in [0.05, 0.1) is 13.7 Å². The van der Waals surface area contributed by atoms with Gasteiger partial charge in [-0.3, -0.25) is 10.1 Å². The lowest BCUT2D eigenvalue weighted by Crippen LogP contribution is -2.13. The molecule has 2 rings (SSSR count). The van der Waals surface area contributed by atoms with Crippen LogP contribution in [0.1, 0.15) is 18.4 Å². The van der Waals surface area contributed by atoms with Gasteiger partial charge in [-0.15, -0.1) is 5.10 Å². The summed E-state index contributed by atoms with van der Waals surface area (Å²) in [7, 11) is 1.46. The van der Waals surface area contributed by atoms with E-state index in [-0.39, 0.29) is 17.9 Å². The largest absolute Gasteiger partial charge is 0.494 e. The van der Waals surface area contributed by atoms with Crippen molar-refractivity contribution in [3.8, 4) is 11.8 Å². The fraction of sp³-hybridized carbons (Fsp3) is 0.357. The van der Waals surface area contributed by atoms with Gasteiger partial charge >= 0.3 is 6.01 Å². The molecule has 0 saturated carbocycles. The Morgan fingerprint density at radius 3 is 2.76 bits per heavy atom. The molecule has 112 valence electrons. The van der Waals surface area contributed by atoms with E-state index in [1.807, 2.05) is 31.2 Å². The molecule has 0 radical (unpaired) electrons. The van der Waals surface area contributed by atoms with Gasteiger partial charge in [-0.1, -0.05) is 17.7 Å². The van der Waals surface area contributed by atoms with Gasteiger partial charge in [0.1, 0.15) is 5.75 Å².